The minimum Gasteiger partial charge on any atom is -0.508 e. The van der Waals surface area contributed by atoms with Crippen LogP contribution in [0.3, 0.4) is 0 Å². The molecule has 0 fully saturated rings. The maximum atomic E-state index is 11.2. The van der Waals surface area contributed by atoms with Gasteiger partial charge in [0.05, 0.1) is 0 Å². The number of carbonyl (C=O) groups is 1. The summed E-state index contributed by atoms with van der Waals surface area (Å²) in [6, 6.07) is 16.0. The number of amides is 2. The van der Waals surface area contributed by atoms with E-state index in [0.29, 0.717) is 28.2 Å². The van der Waals surface area contributed by atoms with E-state index in [9.17, 15) is 15.0 Å². The van der Waals surface area contributed by atoms with Crippen LogP contribution in [0, 0.1) is 0 Å². The van der Waals surface area contributed by atoms with Gasteiger partial charge in [0.2, 0.25) is 5.90 Å². The van der Waals surface area contributed by atoms with Crippen LogP contribution in [0.15, 0.2) is 65.8 Å². The second kappa shape index (κ2) is 5.90. The number of nitrogens with one attached hydrogen (secondary N) is 1. The maximum Gasteiger partial charge on any atom is 0.332 e. The van der Waals surface area contributed by atoms with Gasteiger partial charge in [0.15, 0.2) is 5.60 Å². The van der Waals surface area contributed by atoms with Crippen LogP contribution >= 0.6 is 0 Å². The van der Waals surface area contributed by atoms with Crippen molar-refractivity contribution in [1.82, 2.24) is 5.43 Å². The van der Waals surface area contributed by atoms with Gasteiger partial charge in [-0.05, 0) is 30.3 Å². The molecule has 2 aliphatic heterocycles. The number of primary amides is 1. The van der Waals surface area contributed by atoms with Crippen molar-refractivity contribution in [2.45, 2.75) is 5.60 Å². The molecule has 0 unspecified atom stereocenters. The Labute approximate surface area is 164 Å². The molecule has 144 valence electrons. The summed E-state index contributed by atoms with van der Waals surface area (Å²) in [7, 11) is 0. The van der Waals surface area contributed by atoms with Gasteiger partial charge in [-0.2, -0.15) is 0 Å². The summed E-state index contributed by atoms with van der Waals surface area (Å²) < 4.78 is 12.3. The highest BCUT2D eigenvalue weighted by molar-refractivity contribution is 6.01. The van der Waals surface area contributed by atoms with Crippen molar-refractivity contribution in [2.24, 2.45) is 10.8 Å². The maximum absolute atomic E-state index is 11.2. The van der Waals surface area contributed by atoms with Crippen molar-refractivity contribution < 1.29 is 24.5 Å². The van der Waals surface area contributed by atoms with E-state index in [1.165, 1.54) is 24.3 Å². The van der Waals surface area contributed by atoms with E-state index in [4.69, 9.17) is 15.2 Å². The van der Waals surface area contributed by atoms with E-state index in [-0.39, 0.29) is 17.4 Å². The lowest BCUT2D eigenvalue weighted by Gasteiger charge is -2.36. The fourth-order valence-electron chi connectivity index (χ4n) is 3.86. The molecule has 2 aliphatic rings. The van der Waals surface area contributed by atoms with Crippen molar-refractivity contribution in [2.75, 3.05) is 0 Å². The minimum atomic E-state index is -1.15. The Morgan fingerprint density at radius 1 is 0.931 bits per heavy atom. The molecule has 0 aromatic heterocycles. The number of rotatable bonds is 1. The van der Waals surface area contributed by atoms with Crippen molar-refractivity contribution >= 4 is 11.9 Å². The quantitative estimate of drug-likeness (QED) is 0.476. The van der Waals surface area contributed by atoms with E-state index in [1.807, 2.05) is 24.3 Å². The molecule has 8 heteroatoms. The Bertz CT molecular complexity index is 1150. The highest BCUT2D eigenvalue weighted by Gasteiger charge is 2.52. The Kier molecular flexibility index (Phi) is 3.44. The highest BCUT2D eigenvalue weighted by atomic mass is 16.5. The van der Waals surface area contributed by atoms with Crippen LogP contribution in [0.1, 0.15) is 22.3 Å². The number of aromatic hydroxyl groups is 2. The zero-order chi connectivity index (χ0) is 20.2. The van der Waals surface area contributed by atoms with Crippen LogP contribution in [-0.4, -0.2) is 22.1 Å². The molecular formula is C21H15N3O5. The van der Waals surface area contributed by atoms with Gasteiger partial charge in [-0.3, -0.25) is 0 Å². The summed E-state index contributed by atoms with van der Waals surface area (Å²) in [6.45, 7) is 0. The SMILES string of the molecule is NC(=O)N/N=C1/OC2(c3ccc(O)cc3Oc3cc(O)ccc32)c2ccccc21. The number of fused-ring (bicyclic) bond motifs is 6. The van der Waals surface area contributed by atoms with Crippen molar-refractivity contribution in [1.29, 1.82) is 0 Å². The molecule has 2 amide bonds. The lowest BCUT2D eigenvalue weighted by molar-refractivity contribution is 0.142. The van der Waals surface area contributed by atoms with Gasteiger partial charge in [0.1, 0.15) is 23.0 Å². The molecule has 0 bridgehead atoms. The summed E-state index contributed by atoms with van der Waals surface area (Å²) in [5, 5.41) is 23.9. The molecule has 0 atom stereocenters. The van der Waals surface area contributed by atoms with E-state index in [0.717, 1.165) is 5.56 Å². The summed E-state index contributed by atoms with van der Waals surface area (Å²) in [5.41, 5.74) is 8.94. The van der Waals surface area contributed by atoms with E-state index < -0.39 is 11.6 Å². The average Bonchev–Trinajstić information content (AvgIpc) is 3.01. The van der Waals surface area contributed by atoms with Crippen molar-refractivity contribution in [3.63, 3.8) is 0 Å². The summed E-state index contributed by atoms with van der Waals surface area (Å²) in [4.78, 5) is 11.2. The molecule has 8 nitrogen and oxygen atoms in total. The van der Waals surface area contributed by atoms with Crippen molar-refractivity contribution in [3.05, 3.63) is 82.9 Å². The number of hydrogen-bond acceptors (Lipinski definition) is 6. The van der Waals surface area contributed by atoms with E-state index >= 15 is 0 Å². The lowest BCUT2D eigenvalue weighted by Crippen LogP contribution is -2.33. The number of hydrogen-bond donors (Lipinski definition) is 4. The van der Waals surface area contributed by atoms with Gasteiger partial charge in [-0.1, -0.05) is 18.2 Å². The van der Waals surface area contributed by atoms with Crippen LogP contribution in [-0.2, 0) is 10.3 Å². The van der Waals surface area contributed by atoms with Crippen LogP contribution in [0.25, 0.3) is 0 Å². The summed E-state index contributed by atoms with van der Waals surface area (Å²) in [6.07, 6.45) is 0. The number of nitrogens with two attached hydrogens (primary N) is 1. The number of benzene rings is 3. The Balaban J connectivity index is 1.83. The first-order chi connectivity index (χ1) is 14.0. The monoisotopic (exact) mass is 389 g/mol. The molecule has 5 rings (SSSR count). The third kappa shape index (κ3) is 2.39. The molecule has 2 heterocycles. The number of phenols is 2. The predicted octanol–water partition coefficient (Wildman–Crippen LogP) is 2.86. The van der Waals surface area contributed by atoms with Gasteiger partial charge in [0, 0.05) is 34.4 Å². The van der Waals surface area contributed by atoms with Crippen LogP contribution < -0.4 is 15.9 Å². The van der Waals surface area contributed by atoms with Crippen LogP contribution in [0.2, 0.25) is 0 Å². The van der Waals surface area contributed by atoms with E-state index in [2.05, 4.69) is 10.5 Å². The van der Waals surface area contributed by atoms with Crippen LogP contribution in [0.4, 0.5) is 4.79 Å². The topological polar surface area (TPSA) is 126 Å². The molecule has 1 spiro atoms. The zero-order valence-electron chi connectivity index (χ0n) is 14.9. The Hall–Kier alpha value is -4.20. The lowest BCUT2D eigenvalue weighted by atomic mass is 9.77. The van der Waals surface area contributed by atoms with Crippen molar-refractivity contribution in [3.8, 4) is 23.0 Å². The third-order valence-electron chi connectivity index (χ3n) is 4.96. The highest BCUT2D eigenvalue weighted by Crippen LogP contribution is 2.56. The van der Waals surface area contributed by atoms with Gasteiger partial charge in [0.25, 0.3) is 0 Å². The standard InChI is InChI=1S/C21H15N3O5/c22-20(27)24-23-19-13-3-1-2-4-14(13)21(29-19)15-7-5-11(25)9-17(15)28-18-10-12(26)6-8-16(18)21/h1-10,25-26H,(H3,22,24,27)/b23-19+. The molecule has 0 saturated heterocycles. The zero-order valence-corrected chi connectivity index (χ0v) is 14.9. The fourth-order valence-corrected chi connectivity index (χ4v) is 3.86. The summed E-state index contributed by atoms with van der Waals surface area (Å²) >= 11 is 0. The molecule has 3 aromatic rings. The number of carbonyl (C=O) groups excluding carboxylic acids is 1. The summed E-state index contributed by atoms with van der Waals surface area (Å²) in [5.74, 6) is 0.986. The Morgan fingerprint density at radius 2 is 1.55 bits per heavy atom. The number of ether oxygens (including phenoxy) is 2. The Morgan fingerprint density at radius 3 is 2.17 bits per heavy atom. The number of phenolic OH excluding ortho intramolecular Hbond substituents is 2. The first-order valence-corrected chi connectivity index (χ1v) is 8.76. The second-order valence-corrected chi connectivity index (χ2v) is 6.68. The number of nitrogens with zero attached hydrogens (tertiary/aromatic N) is 1. The molecule has 29 heavy (non-hydrogen) atoms. The molecule has 3 aromatic carbocycles. The smallest absolute Gasteiger partial charge is 0.332 e. The fraction of sp³-hybridized carbons (Fsp3) is 0.0476. The first-order valence-electron chi connectivity index (χ1n) is 8.76. The molecule has 0 aliphatic carbocycles. The second-order valence-electron chi connectivity index (χ2n) is 6.68. The molecule has 0 radical (unpaired) electrons. The van der Waals surface area contributed by atoms with E-state index in [1.54, 1.807) is 12.1 Å². The third-order valence-corrected chi connectivity index (χ3v) is 4.96. The minimum absolute atomic E-state index is 0.0260. The van der Waals surface area contributed by atoms with Gasteiger partial charge in [-0.25, -0.2) is 10.2 Å². The van der Waals surface area contributed by atoms with Gasteiger partial charge < -0.3 is 25.4 Å². The normalized spacial score (nSPS) is 16.3. The molecule has 0 saturated carbocycles. The molecule has 5 N–H and O–H groups in total. The number of hydrazone groups is 1. The van der Waals surface area contributed by atoms with Crippen LogP contribution in [0.5, 0.6) is 23.0 Å². The molecular weight excluding hydrogens is 374 g/mol. The average molecular weight is 389 g/mol. The van der Waals surface area contributed by atoms with Gasteiger partial charge in [-0.15, -0.1) is 5.10 Å². The first kappa shape index (κ1) is 16.9. The number of urea groups is 1. The predicted molar refractivity (Wildman–Crippen MR) is 103 cm³/mol. The largest absolute Gasteiger partial charge is 0.508 e. The van der Waals surface area contributed by atoms with Gasteiger partial charge >= 0.3 is 6.03 Å².